The summed E-state index contributed by atoms with van der Waals surface area (Å²) >= 11 is 0. The molecule has 1 unspecified atom stereocenters. The van der Waals surface area contributed by atoms with E-state index in [-0.39, 0.29) is 6.10 Å². The zero-order valence-corrected chi connectivity index (χ0v) is 7.78. The molecule has 3 heteroatoms. The lowest BCUT2D eigenvalue weighted by molar-refractivity contribution is 0.0509. The van der Waals surface area contributed by atoms with Crippen LogP contribution in [0.2, 0.25) is 0 Å². The van der Waals surface area contributed by atoms with E-state index in [0.717, 1.165) is 32.2 Å². The summed E-state index contributed by atoms with van der Waals surface area (Å²) in [5.74, 6) is 0. The Hall–Kier alpha value is -0.540. The number of allylic oxidation sites excluding steroid dienone is 1. The number of ether oxygens (including phenoxy) is 1. The molecule has 3 nitrogen and oxygen atoms in total. The summed E-state index contributed by atoms with van der Waals surface area (Å²) in [6.07, 6.45) is 8.17. The molecule has 0 bridgehead atoms. The first kappa shape index (κ1) is 9.03. The number of nitrogens with one attached hydrogen (secondary N) is 1. The minimum absolute atomic E-state index is 0.0651. The molecule has 0 aromatic heterocycles. The Morgan fingerprint density at radius 1 is 1.46 bits per heavy atom. The Kier molecular flexibility index (Phi) is 2.86. The lowest BCUT2D eigenvalue weighted by Crippen LogP contribution is -2.46. The van der Waals surface area contributed by atoms with Crippen molar-refractivity contribution in [2.24, 2.45) is 0 Å². The average molecular weight is 183 g/mol. The smallest absolute Gasteiger partial charge is 0.110 e. The van der Waals surface area contributed by atoms with Crippen LogP contribution in [-0.4, -0.2) is 29.9 Å². The van der Waals surface area contributed by atoms with Crippen molar-refractivity contribution in [1.29, 1.82) is 0 Å². The van der Waals surface area contributed by atoms with Gasteiger partial charge in [-0.15, -0.1) is 0 Å². The normalized spacial score (nSPS) is 38.1. The van der Waals surface area contributed by atoms with Crippen molar-refractivity contribution in [2.45, 2.75) is 43.9 Å². The van der Waals surface area contributed by atoms with Crippen LogP contribution in [0.25, 0.3) is 0 Å². The molecule has 1 atom stereocenters. The highest BCUT2D eigenvalue weighted by Gasteiger charge is 2.27. The van der Waals surface area contributed by atoms with Crippen molar-refractivity contribution < 1.29 is 9.84 Å². The molecule has 1 fully saturated rings. The first-order valence-electron chi connectivity index (χ1n) is 5.06. The van der Waals surface area contributed by atoms with Gasteiger partial charge in [0, 0.05) is 12.6 Å². The fourth-order valence-corrected chi connectivity index (χ4v) is 1.79. The van der Waals surface area contributed by atoms with Gasteiger partial charge < -0.3 is 15.2 Å². The molecule has 13 heavy (non-hydrogen) atoms. The van der Waals surface area contributed by atoms with Gasteiger partial charge in [0.15, 0.2) is 0 Å². The number of aliphatic hydroxyl groups excluding tert-OH is 1. The summed E-state index contributed by atoms with van der Waals surface area (Å²) in [4.78, 5) is 0. The van der Waals surface area contributed by atoms with Crippen LogP contribution < -0.4 is 5.32 Å². The molecule has 1 aliphatic heterocycles. The van der Waals surface area contributed by atoms with Crippen LogP contribution in [0, 0.1) is 0 Å². The van der Waals surface area contributed by atoms with E-state index in [2.05, 4.69) is 11.4 Å². The fourth-order valence-electron chi connectivity index (χ4n) is 1.79. The monoisotopic (exact) mass is 183 g/mol. The van der Waals surface area contributed by atoms with Crippen molar-refractivity contribution in [3.63, 3.8) is 0 Å². The Balaban J connectivity index is 1.60. The summed E-state index contributed by atoms with van der Waals surface area (Å²) in [7, 11) is 0. The highest BCUT2D eigenvalue weighted by Crippen LogP contribution is 2.19. The van der Waals surface area contributed by atoms with E-state index < -0.39 is 0 Å². The van der Waals surface area contributed by atoms with Crippen LogP contribution in [0.4, 0.5) is 0 Å². The van der Waals surface area contributed by atoms with E-state index in [1.807, 2.05) is 0 Å². The van der Waals surface area contributed by atoms with Gasteiger partial charge in [0.05, 0.1) is 12.4 Å². The molecule has 1 saturated carbocycles. The van der Waals surface area contributed by atoms with Gasteiger partial charge in [-0.1, -0.05) is 0 Å². The third kappa shape index (κ3) is 2.45. The van der Waals surface area contributed by atoms with Crippen molar-refractivity contribution in [3.05, 3.63) is 12.3 Å². The summed E-state index contributed by atoms with van der Waals surface area (Å²) in [5, 5.41) is 12.5. The number of rotatable bonds is 3. The molecular weight excluding hydrogens is 166 g/mol. The topological polar surface area (TPSA) is 41.5 Å². The number of aliphatic hydroxyl groups is 1. The summed E-state index contributed by atoms with van der Waals surface area (Å²) in [6, 6.07) is 0.518. The van der Waals surface area contributed by atoms with Crippen molar-refractivity contribution in [2.75, 3.05) is 6.54 Å². The van der Waals surface area contributed by atoms with Gasteiger partial charge in [0.1, 0.15) is 6.10 Å². The predicted molar refractivity (Wildman–Crippen MR) is 50.3 cm³/mol. The Labute approximate surface area is 78.8 Å². The molecule has 2 N–H and O–H groups in total. The molecule has 0 aromatic carbocycles. The second-order valence-corrected chi connectivity index (χ2v) is 3.94. The Bertz CT molecular complexity index is 187. The molecule has 2 rings (SSSR count). The summed E-state index contributed by atoms with van der Waals surface area (Å²) in [6.45, 7) is 0.918. The molecule has 0 aromatic rings. The summed E-state index contributed by atoms with van der Waals surface area (Å²) in [5.41, 5.74) is 0. The van der Waals surface area contributed by atoms with E-state index in [1.165, 1.54) is 0 Å². The molecule has 0 spiro atoms. The molecule has 74 valence electrons. The third-order valence-corrected chi connectivity index (χ3v) is 2.77. The van der Waals surface area contributed by atoms with E-state index >= 15 is 0 Å². The standard InChI is InChI=1S/C10H17NO2/c12-9-5-8(6-9)11-7-10-3-1-2-4-13-10/h2,4,8-12H,1,3,5-7H2. The van der Waals surface area contributed by atoms with Crippen LogP contribution in [-0.2, 0) is 4.74 Å². The van der Waals surface area contributed by atoms with E-state index in [9.17, 15) is 0 Å². The van der Waals surface area contributed by atoms with Crippen molar-refractivity contribution >= 4 is 0 Å². The highest BCUT2D eigenvalue weighted by molar-refractivity contribution is 4.87. The van der Waals surface area contributed by atoms with Crippen LogP contribution >= 0.6 is 0 Å². The van der Waals surface area contributed by atoms with E-state index in [1.54, 1.807) is 6.26 Å². The van der Waals surface area contributed by atoms with Crippen molar-refractivity contribution in [3.8, 4) is 0 Å². The lowest BCUT2D eigenvalue weighted by Gasteiger charge is -2.33. The van der Waals surface area contributed by atoms with Gasteiger partial charge in [0.2, 0.25) is 0 Å². The minimum atomic E-state index is -0.0651. The van der Waals surface area contributed by atoms with Gasteiger partial charge in [-0.2, -0.15) is 0 Å². The van der Waals surface area contributed by atoms with Gasteiger partial charge in [-0.3, -0.25) is 0 Å². The van der Waals surface area contributed by atoms with Crippen LogP contribution in [0.15, 0.2) is 12.3 Å². The van der Waals surface area contributed by atoms with Gasteiger partial charge in [0.25, 0.3) is 0 Å². The Morgan fingerprint density at radius 3 is 2.92 bits per heavy atom. The average Bonchev–Trinajstić information content (AvgIpc) is 2.12. The zero-order valence-electron chi connectivity index (χ0n) is 7.78. The van der Waals surface area contributed by atoms with E-state index in [0.29, 0.717) is 12.1 Å². The number of hydrogen-bond donors (Lipinski definition) is 2. The largest absolute Gasteiger partial charge is 0.497 e. The second kappa shape index (κ2) is 4.11. The highest BCUT2D eigenvalue weighted by atomic mass is 16.5. The van der Waals surface area contributed by atoms with Gasteiger partial charge >= 0.3 is 0 Å². The fraction of sp³-hybridized carbons (Fsp3) is 0.800. The minimum Gasteiger partial charge on any atom is -0.497 e. The van der Waals surface area contributed by atoms with Crippen LogP contribution in [0.3, 0.4) is 0 Å². The van der Waals surface area contributed by atoms with E-state index in [4.69, 9.17) is 9.84 Å². The SMILES string of the molecule is OC1CC(NCC2CCC=CO2)C1. The first-order chi connectivity index (χ1) is 6.34. The summed E-state index contributed by atoms with van der Waals surface area (Å²) < 4.78 is 5.42. The lowest BCUT2D eigenvalue weighted by atomic mass is 9.89. The van der Waals surface area contributed by atoms with Crippen molar-refractivity contribution in [1.82, 2.24) is 5.32 Å². The van der Waals surface area contributed by atoms with Crippen LogP contribution in [0.1, 0.15) is 25.7 Å². The van der Waals surface area contributed by atoms with Gasteiger partial charge in [-0.05, 0) is 31.8 Å². The quantitative estimate of drug-likeness (QED) is 0.679. The third-order valence-electron chi connectivity index (χ3n) is 2.77. The molecule has 0 radical (unpaired) electrons. The molecule has 1 aliphatic carbocycles. The predicted octanol–water partition coefficient (Wildman–Crippen LogP) is 0.792. The maximum absolute atomic E-state index is 9.07. The zero-order chi connectivity index (χ0) is 9.10. The maximum Gasteiger partial charge on any atom is 0.110 e. The molecule has 0 saturated heterocycles. The molecule has 1 heterocycles. The van der Waals surface area contributed by atoms with Gasteiger partial charge in [-0.25, -0.2) is 0 Å². The first-order valence-corrected chi connectivity index (χ1v) is 5.06. The van der Waals surface area contributed by atoms with Crippen LogP contribution in [0.5, 0.6) is 0 Å². The Morgan fingerprint density at radius 2 is 2.31 bits per heavy atom. The second-order valence-electron chi connectivity index (χ2n) is 3.94. The molecular formula is C10H17NO2. The molecule has 2 aliphatic rings. The number of hydrogen-bond acceptors (Lipinski definition) is 3. The maximum atomic E-state index is 9.07. The molecule has 0 amide bonds.